The van der Waals surface area contributed by atoms with E-state index in [1.165, 1.54) is 13.2 Å². The minimum Gasteiger partial charge on any atom is -0.496 e. The molecule has 30 heavy (non-hydrogen) atoms. The Morgan fingerprint density at radius 2 is 1.80 bits per heavy atom. The van der Waals surface area contributed by atoms with Crippen LogP contribution in [-0.4, -0.2) is 35.0 Å². The van der Waals surface area contributed by atoms with E-state index in [4.69, 9.17) is 15.2 Å². The standard InChI is InChI=1S/C21H21N3O6/c1-3-10-24-18(22)17(19(26)23-21(24)28)15(25)11-30-20(27)14-8-9-16(29-2)13-7-5-4-6-12(13)14/h4-9H,3,10-11,22H2,1-2H3,(H,23,26,28). The molecule has 0 atom stereocenters. The van der Waals surface area contributed by atoms with Gasteiger partial charge in [-0.25, -0.2) is 9.59 Å². The Morgan fingerprint density at radius 1 is 1.10 bits per heavy atom. The number of nitrogens with zero attached hydrogens (tertiary/aromatic N) is 1. The second kappa shape index (κ2) is 8.64. The summed E-state index contributed by atoms with van der Waals surface area (Å²) in [4.78, 5) is 51.2. The van der Waals surface area contributed by atoms with Crippen molar-refractivity contribution in [2.24, 2.45) is 0 Å². The van der Waals surface area contributed by atoms with Gasteiger partial charge >= 0.3 is 11.7 Å². The number of ether oxygens (including phenoxy) is 2. The van der Waals surface area contributed by atoms with Crippen LogP contribution in [0.2, 0.25) is 0 Å². The number of H-pyrrole nitrogens is 1. The molecule has 3 N–H and O–H groups in total. The van der Waals surface area contributed by atoms with Gasteiger partial charge in [0.2, 0.25) is 5.78 Å². The predicted molar refractivity (Wildman–Crippen MR) is 111 cm³/mol. The minimum absolute atomic E-state index is 0.235. The lowest BCUT2D eigenvalue weighted by Crippen LogP contribution is -2.37. The highest BCUT2D eigenvalue weighted by Gasteiger charge is 2.21. The van der Waals surface area contributed by atoms with Crippen LogP contribution in [0.25, 0.3) is 10.8 Å². The highest BCUT2D eigenvalue weighted by Crippen LogP contribution is 2.28. The van der Waals surface area contributed by atoms with Crippen molar-refractivity contribution < 1.29 is 19.1 Å². The number of carbonyl (C=O) groups excluding carboxylic acids is 2. The molecule has 1 aromatic heterocycles. The molecular formula is C21H21N3O6. The lowest BCUT2D eigenvalue weighted by atomic mass is 10.0. The number of nitrogens with two attached hydrogens (primary N) is 1. The van der Waals surface area contributed by atoms with Gasteiger partial charge in [0.1, 0.15) is 17.1 Å². The van der Waals surface area contributed by atoms with Crippen molar-refractivity contribution in [3.05, 3.63) is 68.4 Å². The maximum atomic E-state index is 12.6. The number of aromatic nitrogens is 2. The van der Waals surface area contributed by atoms with Crippen molar-refractivity contribution in [2.45, 2.75) is 19.9 Å². The van der Waals surface area contributed by atoms with Crippen LogP contribution < -0.4 is 21.7 Å². The monoisotopic (exact) mass is 411 g/mol. The molecule has 0 saturated carbocycles. The summed E-state index contributed by atoms with van der Waals surface area (Å²) in [5, 5.41) is 1.32. The Hall–Kier alpha value is -3.88. The summed E-state index contributed by atoms with van der Waals surface area (Å²) in [6, 6.07) is 10.3. The molecule has 9 nitrogen and oxygen atoms in total. The number of nitrogen functional groups attached to an aromatic ring is 1. The molecule has 0 fully saturated rings. The van der Waals surface area contributed by atoms with Crippen molar-refractivity contribution in [2.75, 3.05) is 19.5 Å². The molecular weight excluding hydrogens is 390 g/mol. The van der Waals surface area contributed by atoms with E-state index < -0.39 is 35.2 Å². The second-order valence-corrected chi connectivity index (χ2v) is 6.53. The van der Waals surface area contributed by atoms with Crippen molar-refractivity contribution in [3.8, 4) is 5.75 Å². The van der Waals surface area contributed by atoms with Crippen molar-refractivity contribution in [3.63, 3.8) is 0 Å². The average molecular weight is 411 g/mol. The summed E-state index contributed by atoms with van der Waals surface area (Å²) >= 11 is 0. The van der Waals surface area contributed by atoms with Crippen LogP contribution in [0, 0.1) is 0 Å². The number of methoxy groups -OCH3 is 1. The molecule has 3 rings (SSSR count). The Kier molecular flexibility index (Phi) is 6.01. The largest absolute Gasteiger partial charge is 0.496 e. The zero-order chi connectivity index (χ0) is 21.8. The maximum absolute atomic E-state index is 12.6. The summed E-state index contributed by atoms with van der Waals surface area (Å²) in [6.45, 7) is 1.36. The van der Waals surface area contributed by atoms with Gasteiger partial charge in [-0.05, 0) is 23.9 Å². The molecule has 0 bridgehead atoms. The van der Waals surface area contributed by atoms with Crippen LogP contribution in [0.5, 0.6) is 5.75 Å². The molecule has 0 amide bonds. The number of rotatable bonds is 7. The van der Waals surface area contributed by atoms with Gasteiger partial charge in [0.15, 0.2) is 6.61 Å². The molecule has 9 heteroatoms. The van der Waals surface area contributed by atoms with Gasteiger partial charge in [0, 0.05) is 11.9 Å². The van der Waals surface area contributed by atoms with Crippen molar-refractivity contribution >= 4 is 28.3 Å². The van der Waals surface area contributed by atoms with Gasteiger partial charge in [0.05, 0.1) is 12.7 Å². The third-order valence-electron chi connectivity index (χ3n) is 4.62. The number of anilines is 1. The van der Waals surface area contributed by atoms with E-state index in [2.05, 4.69) is 4.98 Å². The van der Waals surface area contributed by atoms with Crippen molar-refractivity contribution in [1.82, 2.24) is 9.55 Å². The summed E-state index contributed by atoms with van der Waals surface area (Å²) < 4.78 is 11.5. The zero-order valence-electron chi connectivity index (χ0n) is 16.6. The van der Waals surface area contributed by atoms with Crippen LogP contribution in [0.1, 0.15) is 34.1 Å². The van der Waals surface area contributed by atoms with Gasteiger partial charge in [0.25, 0.3) is 5.56 Å². The van der Waals surface area contributed by atoms with Crippen molar-refractivity contribution in [1.29, 1.82) is 0 Å². The van der Waals surface area contributed by atoms with Gasteiger partial charge in [-0.2, -0.15) is 0 Å². The Morgan fingerprint density at radius 3 is 2.47 bits per heavy atom. The second-order valence-electron chi connectivity index (χ2n) is 6.53. The maximum Gasteiger partial charge on any atom is 0.339 e. The number of Topliss-reactive ketones (excluding diaryl/α,β-unsaturated/α-hetero) is 1. The molecule has 0 radical (unpaired) electrons. The fraction of sp³-hybridized carbons (Fsp3) is 0.238. The average Bonchev–Trinajstić information content (AvgIpc) is 2.74. The number of nitrogens with one attached hydrogen (secondary N) is 1. The zero-order valence-corrected chi connectivity index (χ0v) is 16.6. The summed E-state index contributed by atoms with van der Waals surface area (Å²) in [6.07, 6.45) is 0.573. The number of hydrogen-bond acceptors (Lipinski definition) is 7. The third kappa shape index (κ3) is 3.82. The first-order chi connectivity index (χ1) is 14.4. The lowest BCUT2D eigenvalue weighted by molar-refractivity contribution is 0.0476. The first kappa shape index (κ1) is 20.8. The van der Waals surface area contributed by atoms with Crippen LogP contribution in [0.3, 0.4) is 0 Å². The van der Waals surface area contributed by atoms with E-state index in [1.54, 1.807) is 24.3 Å². The summed E-state index contributed by atoms with van der Waals surface area (Å²) in [7, 11) is 1.53. The van der Waals surface area contributed by atoms with Crippen LogP contribution in [0.15, 0.2) is 46.0 Å². The number of hydrogen-bond donors (Lipinski definition) is 2. The lowest BCUT2D eigenvalue weighted by Gasteiger charge is -2.12. The number of fused-ring (bicyclic) bond motifs is 1. The van der Waals surface area contributed by atoms with Crippen LogP contribution in [-0.2, 0) is 11.3 Å². The number of esters is 1. The smallest absolute Gasteiger partial charge is 0.339 e. The van der Waals surface area contributed by atoms with Gasteiger partial charge in [-0.1, -0.05) is 31.2 Å². The molecule has 0 saturated heterocycles. The molecule has 0 spiro atoms. The predicted octanol–water partition coefficient (Wildman–Crippen LogP) is 1.73. The minimum atomic E-state index is -0.916. The molecule has 0 aliphatic carbocycles. The number of ketones is 1. The number of aromatic amines is 1. The molecule has 156 valence electrons. The number of carbonyl (C=O) groups is 2. The first-order valence-electron chi connectivity index (χ1n) is 9.27. The molecule has 0 aliphatic heterocycles. The Balaban J connectivity index is 1.87. The van der Waals surface area contributed by atoms with Gasteiger partial charge in [-0.3, -0.25) is 19.1 Å². The van der Waals surface area contributed by atoms with E-state index in [0.29, 0.717) is 22.9 Å². The quantitative estimate of drug-likeness (QED) is 0.447. The fourth-order valence-corrected chi connectivity index (χ4v) is 3.21. The van der Waals surface area contributed by atoms with Gasteiger partial charge in [-0.15, -0.1) is 0 Å². The fourth-order valence-electron chi connectivity index (χ4n) is 3.21. The van der Waals surface area contributed by atoms with Gasteiger partial charge < -0.3 is 15.2 Å². The van der Waals surface area contributed by atoms with E-state index in [0.717, 1.165) is 4.57 Å². The number of benzene rings is 2. The molecule has 1 heterocycles. The molecule has 0 aliphatic rings. The molecule has 3 aromatic rings. The Labute approximate surface area is 171 Å². The van der Waals surface area contributed by atoms with E-state index in [9.17, 15) is 19.2 Å². The highest BCUT2D eigenvalue weighted by atomic mass is 16.5. The first-order valence-corrected chi connectivity index (χ1v) is 9.27. The highest BCUT2D eigenvalue weighted by molar-refractivity contribution is 6.08. The molecule has 0 unspecified atom stereocenters. The van der Waals surface area contributed by atoms with E-state index >= 15 is 0 Å². The normalized spacial score (nSPS) is 10.7. The molecule has 2 aromatic carbocycles. The SMILES string of the molecule is CCCn1c(N)c(C(=O)COC(=O)c2ccc(OC)c3ccccc23)c(=O)[nH]c1=O. The topological polar surface area (TPSA) is 133 Å². The van der Waals surface area contributed by atoms with E-state index in [-0.39, 0.29) is 17.9 Å². The van der Waals surface area contributed by atoms with E-state index in [1.807, 2.05) is 13.0 Å². The summed E-state index contributed by atoms with van der Waals surface area (Å²) in [5.74, 6) is -1.19. The summed E-state index contributed by atoms with van der Waals surface area (Å²) in [5.41, 5.74) is 4.09. The third-order valence-corrected chi connectivity index (χ3v) is 4.62. The Bertz CT molecular complexity index is 1240. The van der Waals surface area contributed by atoms with Crippen LogP contribution in [0.4, 0.5) is 5.82 Å². The van der Waals surface area contributed by atoms with Crippen LogP contribution >= 0.6 is 0 Å².